The summed E-state index contributed by atoms with van der Waals surface area (Å²) in [4.78, 5) is 11.2. The van der Waals surface area contributed by atoms with Gasteiger partial charge in [-0.1, -0.05) is 48.0 Å². The molecule has 0 aliphatic carbocycles. The molecule has 0 spiro atoms. The molecule has 19 heavy (non-hydrogen) atoms. The number of carbonyl (C=O) groups is 1. The van der Waals surface area contributed by atoms with Gasteiger partial charge < -0.3 is 9.84 Å². The largest absolute Gasteiger partial charge is 0.475 e. The van der Waals surface area contributed by atoms with E-state index in [2.05, 4.69) is 0 Å². The molecule has 0 atom stereocenters. The lowest BCUT2D eigenvalue weighted by Crippen LogP contribution is -2.07. The molecule has 0 radical (unpaired) electrons. The molecule has 0 heterocycles. The van der Waals surface area contributed by atoms with Crippen molar-refractivity contribution in [2.24, 2.45) is 0 Å². The third-order valence-electron chi connectivity index (χ3n) is 2.56. The number of hydrogen-bond acceptors (Lipinski definition) is 2. The van der Waals surface area contributed by atoms with E-state index in [4.69, 9.17) is 9.84 Å². The molecule has 0 fully saturated rings. The number of aryl methyl sites for hydroxylation is 1. The Kier molecular flexibility index (Phi) is 3.98. The molecule has 2 aromatic carbocycles. The summed E-state index contributed by atoms with van der Waals surface area (Å²) in [5.74, 6) is -0.692. The van der Waals surface area contributed by atoms with Crippen LogP contribution in [-0.4, -0.2) is 11.1 Å². The minimum atomic E-state index is -1.09. The zero-order valence-corrected chi connectivity index (χ0v) is 10.5. The fourth-order valence-electron chi connectivity index (χ4n) is 1.56. The molecule has 0 saturated carbocycles. The van der Waals surface area contributed by atoms with Crippen LogP contribution in [0, 0.1) is 6.92 Å². The van der Waals surface area contributed by atoms with Gasteiger partial charge in [-0.3, -0.25) is 0 Å². The summed E-state index contributed by atoms with van der Waals surface area (Å²) in [5, 5.41) is 9.16. The third kappa shape index (κ3) is 3.71. The smallest absolute Gasteiger partial charge is 0.371 e. The summed E-state index contributed by atoms with van der Waals surface area (Å²) >= 11 is 0. The minimum absolute atomic E-state index is 0.102. The summed E-state index contributed by atoms with van der Waals surface area (Å²) in [6.45, 7) is 1.98. The van der Waals surface area contributed by atoms with E-state index >= 15 is 0 Å². The molecule has 2 aromatic rings. The summed E-state index contributed by atoms with van der Waals surface area (Å²) in [7, 11) is 0. The summed E-state index contributed by atoms with van der Waals surface area (Å²) < 4.78 is 5.37. The van der Waals surface area contributed by atoms with Crippen LogP contribution in [0.5, 0.6) is 5.75 Å². The van der Waals surface area contributed by atoms with Gasteiger partial charge >= 0.3 is 5.97 Å². The standard InChI is InChI=1S/C16H14O3/c1-12-7-9-13(10-8-12)11-15(16(17)18)19-14-5-3-2-4-6-14/h2-11H,1H3,(H,17,18)/b15-11+. The van der Waals surface area contributed by atoms with Gasteiger partial charge in [0.15, 0.2) is 0 Å². The van der Waals surface area contributed by atoms with Crippen molar-refractivity contribution in [3.05, 3.63) is 71.5 Å². The van der Waals surface area contributed by atoms with Gasteiger partial charge in [-0.05, 0) is 30.7 Å². The highest BCUT2D eigenvalue weighted by Gasteiger charge is 2.10. The Balaban J connectivity index is 2.25. The van der Waals surface area contributed by atoms with Gasteiger partial charge in [0.25, 0.3) is 0 Å². The van der Waals surface area contributed by atoms with Crippen molar-refractivity contribution in [2.45, 2.75) is 6.92 Å². The molecule has 0 amide bonds. The molecule has 2 rings (SSSR count). The zero-order valence-electron chi connectivity index (χ0n) is 10.5. The van der Waals surface area contributed by atoms with E-state index in [1.54, 1.807) is 24.3 Å². The van der Waals surface area contributed by atoms with Gasteiger partial charge in [0.2, 0.25) is 5.76 Å². The fourth-order valence-corrected chi connectivity index (χ4v) is 1.56. The van der Waals surface area contributed by atoms with Crippen molar-refractivity contribution in [1.82, 2.24) is 0 Å². The van der Waals surface area contributed by atoms with Crippen molar-refractivity contribution in [3.63, 3.8) is 0 Å². The first-order chi connectivity index (χ1) is 9.15. The first kappa shape index (κ1) is 12.9. The number of aliphatic carboxylic acids is 1. The van der Waals surface area contributed by atoms with Crippen LogP contribution >= 0.6 is 0 Å². The highest BCUT2D eigenvalue weighted by atomic mass is 16.5. The lowest BCUT2D eigenvalue weighted by Gasteiger charge is -2.06. The first-order valence-electron chi connectivity index (χ1n) is 5.90. The second-order valence-corrected chi connectivity index (χ2v) is 4.14. The Bertz CT molecular complexity index is 583. The molecule has 0 aliphatic rings. The van der Waals surface area contributed by atoms with Gasteiger partial charge in [0, 0.05) is 0 Å². The SMILES string of the molecule is Cc1ccc(/C=C(/Oc2ccccc2)C(=O)O)cc1. The van der Waals surface area contributed by atoms with Crippen molar-refractivity contribution in [3.8, 4) is 5.75 Å². The molecule has 0 aromatic heterocycles. The molecule has 3 heteroatoms. The monoisotopic (exact) mass is 254 g/mol. The predicted molar refractivity (Wildman–Crippen MR) is 73.9 cm³/mol. The Morgan fingerprint density at radius 3 is 2.26 bits per heavy atom. The van der Waals surface area contributed by atoms with Crippen molar-refractivity contribution in [1.29, 1.82) is 0 Å². The fraction of sp³-hybridized carbons (Fsp3) is 0.0625. The van der Waals surface area contributed by atoms with Crippen LogP contribution in [0.4, 0.5) is 0 Å². The van der Waals surface area contributed by atoms with E-state index in [-0.39, 0.29) is 5.76 Å². The van der Waals surface area contributed by atoms with Gasteiger partial charge in [0.05, 0.1) is 0 Å². The number of para-hydroxylation sites is 1. The predicted octanol–water partition coefficient (Wildman–Crippen LogP) is 3.50. The van der Waals surface area contributed by atoms with Crippen molar-refractivity contribution < 1.29 is 14.6 Å². The number of rotatable bonds is 4. The van der Waals surface area contributed by atoms with Crippen LogP contribution in [0.1, 0.15) is 11.1 Å². The molecule has 96 valence electrons. The lowest BCUT2D eigenvalue weighted by atomic mass is 10.1. The number of benzene rings is 2. The van der Waals surface area contributed by atoms with Gasteiger partial charge in [-0.15, -0.1) is 0 Å². The molecule has 0 bridgehead atoms. The maximum Gasteiger partial charge on any atom is 0.371 e. The summed E-state index contributed by atoms with van der Waals surface area (Å²) in [6.07, 6.45) is 1.51. The second-order valence-electron chi connectivity index (χ2n) is 4.14. The number of carboxylic acids is 1. The highest BCUT2D eigenvalue weighted by Crippen LogP contribution is 2.15. The quantitative estimate of drug-likeness (QED) is 0.671. The maximum absolute atomic E-state index is 11.2. The molecular weight excluding hydrogens is 240 g/mol. The highest BCUT2D eigenvalue weighted by molar-refractivity contribution is 5.90. The van der Waals surface area contributed by atoms with E-state index in [9.17, 15) is 4.79 Å². The Labute approximate surface area is 111 Å². The van der Waals surface area contributed by atoms with Crippen LogP contribution < -0.4 is 4.74 Å². The van der Waals surface area contributed by atoms with E-state index in [0.29, 0.717) is 5.75 Å². The molecule has 0 aliphatic heterocycles. The molecule has 3 nitrogen and oxygen atoms in total. The molecule has 1 N–H and O–H groups in total. The van der Waals surface area contributed by atoms with Gasteiger partial charge in [-0.2, -0.15) is 0 Å². The van der Waals surface area contributed by atoms with Crippen LogP contribution in [0.2, 0.25) is 0 Å². The topological polar surface area (TPSA) is 46.5 Å². The number of hydrogen-bond donors (Lipinski definition) is 1. The van der Waals surface area contributed by atoms with Gasteiger partial charge in [0.1, 0.15) is 5.75 Å². The number of carboxylic acid groups (broad SMARTS) is 1. The maximum atomic E-state index is 11.2. The van der Waals surface area contributed by atoms with Crippen LogP contribution in [0.25, 0.3) is 6.08 Å². The van der Waals surface area contributed by atoms with Crippen LogP contribution in [0.15, 0.2) is 60.4 Å². The van der Waals surface area contributed by atoms with Gasteiger partial charge in [-0.25, -0.2) is 4.79 Å². The molecule has 0 saturated heterocycles. The van der Waals surface area contributed by atoms with E-state index in [1.165, 1.54) is 6.08 Å². The first-order valence-corrected chi connectivity index (χ1v) is 5.90. The normalized spacial score (nSPS) is 11.1. The molecule has 0 unspecified atom stereocenters. The van der Waals surface area contributed by atoms with E-state index in [1.807, 2.05) is 37.3 Å². The van der Waals surface area contributed by atoms with Crippen molar-refractivity contribution in [2.75, 3.05) is 0 Å². The van der Waals surface area contributed by atoms with Crippen molar-refractivity contribution >= 4 is 12.0 Å². The van der Waals surface area contributed by atoms with E-state index < -0.39 is 5.97 Å². The average molecular weight is 254 g/mol. The molecular formula is C16H14O3. The Morgan fingerprint density at radius 2 is 1.68 bits per heavy atom. The number of ether oxygens (including phenoxy) is 1. The Hall–Kier alpha value is -2.55. The van der Waals surface area contributed by atoms with Crippen LogP contribution in [0.3, 0.4) is 0 Å². The Morgan fingerprint density at radius 1 is 1.05 bits per heavy atom. The second kappa shape index (κ2) is 5.87. The lowest BCUT2D eigenvalue weighted by molar-refractivity contribution is -0.134. The average Bonchev–Trinajstić information content (AvgIpc) is 2.41. The summed E-state index contributed by atoms with van der Waals surface area (Å²) in [5.41, 5.74) is 1.91. The summed E-state index contributed by atoms with van der Waals surface area (Å²) in [6, 6.07) is 16.4. The zero-order chi connectivity index (χ0) is 13.7. The minimum Gasteiger partial charge on any atom is -0.475 e. The van der Waals surface area contributed by atoms with Crippen LogP contribution in [-0.2, 0) is 4.79 Å². The third-order valence-corrected chi connectivity index (χ3v) is 2.56. The van der Waals surface area contributed by atoms with E-state index in [0.717, 1.165) is 11.1 Å².